The lowest BCUT2D eigenvalue weighted by Gasteiger charge is -2.12. The van der Waals surface area contributed by atoms with E-state index in [1.54, 1.807) is 30.3 Å². The summed E-state index contributed by atoms with van der Waals surface area (Å²) < 4.78 is 52.2. The molecule has 26 heavy (non-hydrogen) atoms. The minimum atomic E-state index is -4.52. The van der Waals surface area contributed by atoms with Crippen molar-refractivity contribution in [2.24, 2.45) is 0 Å². The standard InChI is InChI=1S/C17H11F3N3O2S/c18-17(19,20)13-7-4-8-14(9-13)23-11-21-22-16(23)26(25)10-15(24)12-5-2-1-3-6-12/h1-9H,10H2. The summed E-state index contributed by atoms with van der Waals surface area (Å²) >= 11 is -1.90. The van der Waals surface area contributed by atoms with E-state index >= 15 is 0 Å². The molecule has 9 heteroatoms. The summed E-state index contributed by atoms with van der Waals surface area (Å²) in [5.41, 5.74) is -0.426. The van der Waals surface area contributed by atoms with Crippen LogP contribution in [0, 0.1) is 6.33 Å². The Morgan fingerprint density at radius 2 is 1.88 bits per heavy atom. The molecule has 0 saturated heterocycles. The Labute approximate surface area is 149 Å². The zero-order valence-electron chi connectivity index (χ0n) is 13.1. The third-order valence-corrected chi connectivity index (χ3v) is 4.66. The van der Waals surface area contributed by atoms with E-state index in [9.17, 15) is 22.5 Å². The largest absolute Gasteiger partial charge is 0.609 e. The van der Waals surface area contributed by atoms with Gasteiger partial charge in [-0.15, -0.1) is 5.10 Å². The highest BCUT2D eigenvalue weighted by atomic mass is 32.2. The highest BCUT2D eigenvalue weighted by Gasteiger charge is 2.31. The van der Waals surface area contributed by atoms with Gasteiger partial charge in [-0.05, 0) is 18.2 Å². The van der Waals surface area contributed by atoms with Crippen molar-refractivity contribution in [3.8, 4) is 5.69 Å². The lowest BCUT2D eigenvalue weighted by Crippen LogP contribution is -2.20. The first kappa shape index (κ1) is 18.2. The fraction of sp³-hybridized carbons (Fsp3) is 0.118. The molecule has 0 aliphatic carbocycles. The van der Waals surface area contributed by atoms with Crippen LogP contribution in [-0.4, -0.2) is 30.9 Å². The van der Waals surface area contributed by atoms with Crippen LogP contribution in [0.5, 0.6) is 0 Å². The zero-order valence-corrected chi connectivity index (χ0v) is 13.9. The molecule has 3 aromatic rings. The van der Waals surface area contributed by atoms with Gasteiger partial charge in [-0.1, -0.05) is 41.5 Å². The Kier molecular flexibility index (Phi) is 5.10. The fourth-order valence-electron chi connectivity index (χ4n) is 2.23. The molecule has 1 heterocycles. The van der Waals surface area contributed by atoms with Crippen LogP contribution in [0.15, 0.2) is 59.8 Å². The van der Waals surface area contributed by atoms with E-state index in [-0.39, 0.29) is 22.4 Å². The molecule has 3 rings (SSSR count). The van der Waals surface area contributed by atoms with Gasteiger partial charge in [0.25, 0.3) is 0 Å². The normalized spacial score (nSPS) is 12.8. The summed E-state index contributed by atoms with van der Waals surface area (Å²) in [4.78, 5) is 12.2. The lowest BCUT2D eigenvalue weighted by molar-refractivity contribution is -0.137. The number of alkyl halides is 3. The highest BCUT2D eigenvalue weighted by molar-refractivity contribution is 7.92. The van der Waals surface area contributed by atoms with Gasteiger partial charge in [0.05, 0.1) is 11.3 Å². The number of benzene rings is 2. The molecule has 1 aromatic heterocycles. The summed E-state index contributed by atoms with van der Waals surface area (Å²) in [5, 5.41) is 7.00. The van der Waals surface area contributed by atoms with Gasteiger partial charge in [0, 0.05) is 16.7 Å². The first-order valence-corrected chi connectivity index (χ1v) is 8.65. The summed E-state index contributed by atoms with van der Waals surface area (Å²) in [6.07, 6.45) is -2.14. The van der Waals surface area contributed by atoms with E-state index in [0.29, 0.717) is 5.56 Å². The topological polar surface area (TPSA) is 70.8 Å². The molecule has 0 N–H and O–H groups in total. The van der Waals surface area contributed by atoms with Crippen LogP contribution in [-0.2, 0) is 17.4 Å². The Morgan fingerprint density at radius 3 is 2.58 bits per heavy atom. The SMILES string of the molecule is O=C(C[S+]([O-])c1nn[c]n1-c1cccc(C(F)(F)F)c1)c1ccccc1. The summed E-state index contributed by atoms with van der Waals surface area (Å²) in [7, 11) is 0. The van der Waals surface area contributed by atoms with Crippen molar-refractivity contribution in [2.75, 3.05) is 5.75 Å². The zero-order chi connectivity index (χ0) is 18.7. The second kappa shape index (κ2) is 7.30. The minimum absolute atomic E-state index is 0.0559. The van der Waals surface area contributed by atoms with E-state index in [1.165, 1.54) is 12.1 Å². The van der Waals surface area contributed by atoms with E-state index in [1.807, 2.05) is 0 Å². The van der Waals surface area contributed by atoms with Gasteiger partial charge >= 0.3 is 11.3 Å². The third-order valence-electron chi connectivity index (χ3n) is 3.46. The van der Waals surface area contributed by atoms with Crippen molar-refractivity contribution in [1.82, 2.24) is 14.8 Å². The Bertz CT molecular complexity index is 913. The number of carbonyl (C=O) groups is 1. The van der Waals surface area contributed by atoms with E-state index < -0.39 is 22.9 Å². The first-order chi connectivity index (χ1) is 12.4. The number of carbonyl (C=O) groups excluding carboxylic acids is 1. The average Bonchev–Trinajstić information content (AvgIpc) is 3.12. The summed E-state index contributed by atoms with van der Waals surface area (Å²) in [5.74, 6) is -0.738. The number of ketones is 1. The molecular formula is C17H11F3N3O2S. The van der Waals surface area contributed by atoms with Crippen LogP contribution in [0.4, 0.5) is 13.2 Å². The van der Waals surface area contributed by atoms with Gasteiger partial charge in [-0.2, -0.15) is 13.2 Å². The van der Waals surface area contributed by atoms with Crippen molar-refractivity contribution in [3.05, 3.63) is 72.1 Å². The number of nitrogens with zero attached hydrogens (tertiary/aromatic N) is 3. The van der Waals surface area contributed by atoms with Crippen molar-refractivity contribution in [3.63, 3.8) is 0 Å². The highest BCUT2D eigenvalue weighted by Crippen LogP contribution is 2.30. The monoisotopic (exact) mass is 378 g/mol. The Morgan fingerprint density at radius 1 is 1.15 bits per heavy atom. The molecule has 0 saturated carbocycles. The second-order valence-electron chi connectivity index (χ2n) is 5.25. The van der Waals surface area contributed by atoms with Gasteiger partial charge in [-0.3, -0.25) is 4.79 Å². The van der Waals surface area contributed by atoms with E-state index in [0.717, 1.165) is 16.7 Å². The third kappa shape index (κ3) is 3.94. The minimum Gasteiger partial charge on any atom is -0.609 e. The maximum absolute atomic E-state index is 12.9. The van der Waals surface area contributed by atoms with Crippen LogP contribution in [0.1, 0.15) is 15.9 Å². The number of rotatable bonds is 5. The van der Waals surface area contributed by atoms with E-state index in [4.69, 9.17) is 0 Å². The van der Waals surface area contributed by atoms with Crippen molar-refractivity contribution in [1.29, 1.82) is 0 Å². The van der Waals surface area contributed by atoms with Crippen molar-refractivity contribution in [2.45, 2.75) is 11.3 Å². The predicted octanol–water partition coefficient (Wildman–Crippen LogP) is 3.08. The number of hydrogen-bond donors (Lipinski definition) is 0. The average molecular weight is 378 g/mol. The van der Waals surface area contributed by atoms with E-state index in [2.05, 4.69) is 16.5 Å². The second-order valence-corrected chi connectivity index (χ2v) is 6.59. The molecule has 1 unspecified atom stereocenters. The molecule has 133 valence electrons. The molecule has 5 nitrogen and oxygen atoms in total. The van der Waals surface area contributed by atoms with Gasteiger partial charge in [-0.25, -0.2) is 4.57 Å². The maximum Gasteiger partial charge on any atom is 0.416 e. The predicted molar refractivity (Wildman–Crippen MR) is 87.2 cm³/mol. The molecule has 0 aliphatic rings. The maximum atomic E-state index is 12.9. The molecule has 0 fully saturated rings. The Balaban J connectivity index is 1.86. The first-order valence-electron chi connectivity index (χ1n) is 7.33. The van der Waals surface area contributed by atoms with Crippen molar-refractivity contribution < 1.29 is 22.5 Å². The van der Waals surface area contributed by atoms with Crippen LogP contribution >= 0.6 is 0 Å². The Hall–Kier alpha value is -2.65. The van der Waals surface area contributed by atoms with Crippen LogP contribution in [0.3, 0.4) is 0 Å². The summed E-state index contributed by atoms with van der Waals surface area (Å²) in [6.45, 7) is 0. The fourth-order valence-corrected chi connectivity index (χ4v) is 3.24. The molecule has 0 aliphatic heterocycles. The van der Waals surface area contributed by atoms with Gasteiger partial charge in [0.1, 0.15) is 0 Å². The molecule has 0 spiro atoms. The number of halogens is 3. The molecular weight excluding hydrogens is 367 g/mol. The molecule has 2 aromatic carbocycles. The van der Waals surface area contributed by atoms with Crippen LogP contribution in [0.25, 0.3) is 5.69 Å². The van der Waals surface area contributed by atoms with Gasteiger partial charge in [0.2, 0.25) is 12.1 Å². The van der Waals surface area contributed by atoms with Gasteiger partial charge in [0.15, 0.2) is 5.75 Å². The van der Waals surface area contributed by atoms with Crippen LogP contribution in [0.2, 0.25) is 0 Å². The smallest absolute Gasteiger partial charge is 0.416 e. The quantitative estimate of drug-likeness (QED) is 0.505. The number of aromatic nitrogens is 3. The molecule has 1 atom stereocenters. The lowest BCUT2D eigenvalue weighted by atomic mass is 10.2. The number of hydrogen-bond acceptors (Lipinski definition) is 4. The molecule has 0 amide bonds. The van der Waals surface area contributed by atoms with Crippen LogP contribution < -0.4 is 0 Å². The molecule has 0 bridgehead atoms. The van der Waals surface area contributed by atoms with Crippen molar-refractivity contribution >= 4 is 17.0 Å². The van der Waals surface area contributed by atoms with Gasteiger partial charge < -0.3 is 4.55 Å². The summed E-state index contributed by atoms with van der Waals surface area (Å²) in [6, 6.07) is 12.7. The molecule has 1 radical (unpaired) electrons. The number of Topliss-reactive ketones (excluding diaryl/α,β-unsaturated/α-hetero) is 1.